The molecule has 138 valence electrons. The van der Waals surface area contributed by atoms with Gasteiger partial charge >= 0.3 is 5.97 Å². The van der Waals surface area contributed by atoms with Crippen LogP contribution in [-0.4, -0.2) is 29.6 Å². The second-order valence-electron chi connectivity index (χ2n) is 6.28. The zero-order valence-corrected chi connectivity index (χ0v) is 15.1. The average molecular weight is 355 g/mol. The molecule has 5 heteroatoms. The highest BCUT2D eigenvalue weighted by Crippen LogP contribution is 2.30. The fourth-order valence-corrected chi connectivity index (χ4v) is 2.82. The highest BCUT2D eigenvalue weighted by atomic mass is 16.6. The minimum Gasteiger partial charge on any atom is -0.453 e. The Hall–Kier alpha value is -2.66. The van der Waals surface area contributed by atoms with Crippen molar-refractivity contribution < 1.29 is 19.4 Å². The van der Waals surface area contributed by atoms with Crippen LogP contribution in [0.1, 0.15) is 37.8 Å². The Morgan fingerprint density at radius 3 is 2.00 bits per heavy atom. The minimum absolute atomic E-state index is 0.00772. The number of carbonyl (C=O) groups excluding carboxylic acids is 2. The zero-order valence-electron chi connectivity index (χ0n) is 15.1. The number of amides is 1. The van der Waals surface area contributed by atoms with Gasteiger partial charge in [-0.3, -0.25) is 4.79 Å². The molecular weight excluding hydrogens is 330 g/mol. The van der Waals surface area contributed by atoms with Crippen molar-refractivity contribution in [2.45, 2.75) is 38.3 Å². The first-order valence-corrected chi connectivity index (χ1v) is 8.78. The number of benzene rings is 2. The second kappa shape index (κ2) is 9.15. The lowest BCUT2D eigenvalue weighted by Gasteiger charge is -2.27. The smallest absolute Gasteiger partial charge is 0.348 e. The molecule has 1 atom stereocenters. The fraction of sp³-hybridized carbons (Fsp3) is 0.333. The van der Waals surface area contributed by atoms with E-state index in [-0.39, 0.29) is 11.9 Å². The summed E-state index contributed by atoms with van der Waals surface area (Å²) in [4.78, 5) is 24.7. The molecule has 0 aliphatic carbocycles. The number of rotatable bonds is 8. The molecule has 2 N–H and O–H groups in total. The average Bonchev–Trinajstić information content (AvgIpc) is 2.67. The first-order valence-electron chi connectivity index (χ1n) is 8.78. The maximum Gasteiger partial charge on any atom is 0.348 e. The lowest BCUT2D eigenvalue weighted by Crippen LogP contribution is -2.41. The second-order valence-corrected chi connectivity index (χ2v) is 6.28. The molecule has 0 aliphatic rings. The molecule has 1 unspecified atom stereocenters. The van der Waals surface area contributed by atoms with Gasteiger partial charge in [-0.05, 0) is 24.5 Å². The molecule has 0 spiro atoms. The molecule has 0 aliphatic heterocycles. The van der Waals surface area contributed by atoms with E-state index in [0.29, 0.717) is 11.1 Å². The number of aliphatic hydroxyl groups is 1. The minimum atomic E-state index is -1.97. The number of ether oxygens (including phenoxy) is 1. The van der Waals surface area contributed by atoms with Crippen LogP contribution in [0.2, 0.25) is 0 Å². The van der Waals surface area contributed by atoms with Crippen molar-refractivity contribution in [1.82, 2.24) is 5.32 Å². The van der Waals surface area contributed by atoms with E-state index in [1.807, 2.05) is 13.8 Å². The predicted octanol–water partition coefficient (Wildman–Crippen LogP) is 2.77. The summed E-state index contributed by atoms with van der Waals surface area (Å²) in [7, 11) is 0. The molecule has 2 aromatic rings. The topological polar surface area (TPSA) is 75.6 Å². The molecule has 0 heterocycles. The maximum atomic E-state index is 12.7. The lowest BCUT2D eigenvalue weighted by molar-refractivity contribution is -0.164. The van der Waals surface area contributed by atoms with Crippen molar-refractivity contribution in [3.63, 3.8) is 0 Å². The van der Waals surface area contributed by atoms with Crippen LogP contribution in [0.3, 0.4) is 0 Å². The largest absolute Gasteiger partial charge is 0.453 e. The summed E-state index contributed by atoms with van der Waals surface area (Å²) < 4.78 is 5.16. The Bertz CT molecular complexity index is 676. The van der Waals surface area contributed by atoms with Gasteiger partial charge in [-0.25, -0.2) is 4.79 Å². The van der Waals surface area contributed by atoms with Crippen molar-refractivity contribution >= 4 is 11.9 Å². The Morgan fingerprint density at radius 1 is 1.04 bits per heavy atom. The van der Waals surface area contributed by atoms with E-state index in [9.17, 15) is 14.7 Å². The molecule has 0 saturated heterocycles. The van der Waals surface area contributed by atoms with Crippen molar-refractivity contribution in [2.75, 3.05) is 6.61 Å². The zero-order chi connectivity index (χ0) is 19.0. The quantitative estimate of drug-likeness (QED) is 0.714. The molecule has 0 radical (unpaired) electrons. The van der Waals surface area contributed by atoms with Gasteiger partial charge < -0.3 is 15.2 Å². The summed E-state index contributed by atoms with van der Waals surface area (Å²) in [6.07, 6.45) is 1.79. The van der Waals surface area contributed by atoms with Crippen molar-refractivity contribution in [1.29, 1.82) is 0 Å². The number of carbonyl (C=O) groups is 2. The third kappa shape index (κ3) is 4.70. The molecule has 26 heavy (non-hydrogen) atoms. The van der Waals surface area contributed by atoms with Crippen LogP contribution >= 0.6 is 0 Å². The summed E-state index contributed by atoms with van der Waals surface area (Å²) in [5.41, 5.74) is -1.20. The van der Waals surface area contributed by atoms with Crippen LogP contribution in [0.4, 0.5) is 0 Å². The highest BCUT2D eigenvalue weighted by Gasteiger charge is 2.41. The molecule has 0 saturated carbocycles. The number of nitrogens with one attached hydrogen (secondary N) is 1. The third-order valence-electron chi connectivity index (χ3n) is 4.14. The molecule has 1 amide bonds. The highest BCUT2D eigenvalue weighted by molar-refractivity contribution is 5.88. The number of hydrogen-bond acceptors (Lipinski definition) is 4. The van der Waals surface area contributed by atoms with E-state index in [1.54, 1.807) is 60.7 Å². The first-order chi connectivity index (χ1) is 12.5. The molecule has 2 aromatic carbocycles. The van der Waals surface area contributed by atoms with E-state index in [0.717, 1.165) is 12.8 Å². The van der Waals surface area contributed by atoms with E-state index >= 15 is 0 Å². The lowest BCUT2D eigenvalue weighted by atomic mass is 9.86. The van der Waals surface area contributed by atoms with Crippen molar-refractivity contribution in [3.8, 4) is 0 Å². The summed E-state index contributed by atoms with van der Waals surface area (Å²) in [5.74, 6) is -1.27. The Morgan fingerprint density at radius 2 is 1.54 bits per heavy atom. The summed E-state index contributed by atoms with van der Waals surface area (Å²) in [5, 5.41) is 14.0. The monoisotopic (exact) mass is 355 g/mol. The molecular formula is C21H25NO4. The predicted molar refractivity (Wildman–Crippen MR) is 99.4 cm³/mol. The van der Waals surface area contributed by atoms with Gasteiger partial charge in [-0.15, -0.1) is 0 Å². The molecule has 5 nitrogen and oxygen atoms in total. The normalized spacial score (nSPS) is 12.3. The Labute approximate surface area is 154 Å². The third-order valence-corrected chi connectivity index (χ3v) is 4.14. The van der Waals surface area contributed by atoms with Gasteiger partial charge in [0.25, 0.3) is 5.91 Å². The molecule has 0 aromatic heterocycles. The molecule has 0 bridgehead atoms. The fourth-order valence-electron chi connectivity index (χ4n) is 2.82. The number of hydrogen-bond donors (Lipinski definition) is 2. The van der Waals surface area contributed by atoms with Crippen LogP contribution < -0.4 is 5.32 Å². The van der Waals surface area contributed by atoms with E-state index < -0.39 is 18.2 Å². The van der Waals surface area contributed by atoms with Gasteiger partial charge in [-0.2, -0.15) is 0 Å². The Balaban J connectivity index is 2.16. The van der Waals surface area contributed by atoms with Crippen molar-refractivity contribution in [2.24, 2.45) is 0 Å². The van der Waals surface area contributed by atoms with Gasteiger partial charge in [0, 0.05) is 6.04 Å². The first kappa shape index (κ1) is 19.7. The Kier molecular flexibility index (Phi) is 6.92. The van der Waals surface area contributed by atoms with Gasteiger partial charge in [0.05, 0.1) is 0 Å². The van der Waals surface area contributed by atoms with Crippen LogP contribution in [-0.2, 0) is 19.9 Å². The van der Waals surface area contributed by atoms with Crippen LogP contribution in [0.5, 0.6) is 0 Å². The standard InChI is InChI=1S/C21H25NO4/c1-3-10-16(2)22-19(23)15-26-20(24)21(25,17-11-6-4-7-12-17)18-13-8-5-9-14-18/h4-9,11-14,16,25H,3,10,15H2,1-2H3,(H,22,23). The molecule has 0 fully saturated rings. The van der Waals surface area contributed by atoms with Crippen LogP contribution in [0, 0.1) is 0 Å². The summed E-state index contributed by atoms with van der Waals surface area (Å²) in [6.45, 7) is 3.49. The van der Waals surface area contributed by atoms with E-state index in [1.165, 1.54) is 0 Å². The summed E-state index contributed by atoms with van der Waals surface area (Å²) >= 11 is 0. The van der Waals surface area contributed by atoms with Crippen LogP contribution in [0.15, 0.2) is 60.7 Å². The van der Waals surface area contributed by atoms with Crippen molar-refractivity contribution in [3.05, 3.63) is 71.8 Å². The van der Waals surface area contributed by atoms with E-state index in [2.05, 4.69) is 5.32 Å². The SMILES string of the molecule is CCCC(C)NC(=O)COC(=O)C(O)(c1ccccc1)c1ccccc1. The molecule has 2 rings (SSSR count). The van der Waals surface area contributed by atoms with Gasteiger partial charge in [-0.1, -0.05) is 74.0 Å². The summed E-state index contributed by atoms with van der Waals surface area (Å²) in [6, 6.07) is 17.1. The number of esters is 1. The van der Waals surface area contributed by atoms with E-state index in [4.69, 9.17) is 4.74 Å². The van der Waals surface area contributed by atoms with Gasteiger partial charge in [0.2, 0.25) is 5.60 Å². The van der Waals surface area contributed by atoms with Gasteiger partial charge in [0.1, 0.15) is 0 Å². The van der Waals surface area contributed by atoms with Crippen LogP contribution in [0.25, 0.3) is 0 Å². The van der Waals surface area contributed by atoms with Gasteiger partial charge in [0.15, 0.2) is 6.61 Å². The maximum absolute atomic E-state index is 12.7.